The first-order valence-electron chi connectivity index (χ1n) is 56.3. The first kappa shape index (κ1) is 123. The van der Waals surface area contributed by atoms with Crippen LogP contribution in [0.15, 0.2) is 229 Å². The van der Waals surface area contributed by atoms with E-state index in [2.05, 4.69) is 385 Å². The lowest BCUT2D eigenvalue weighted by Crippen LogP contribution is -2.51. The van der Waals surface area contributed by atoms with Gasteiger partial charge in [-0.3, -0.25) is 9.59 Å². The number of ether oxygens (including phenoxy) is 3. The predicted molar refractivity (Wildman–Crippen MR) is 619 cm³/mol. The quantitative estimate of drug-likeness (QED) is 0.0889. The summed E-state index contributed by atoms with van der Waals surface area (Å²) in [7, 11) is 0. The molecule has 790 valence electrons. The molecule has 2 amide bonds. The number of carbonyl (C=O) groups is 2. The topological polar surface area (TPSA) is 90.1 Å². The van der Waals surface area contributed by atoms with E-state index in [1.54, 1.807) is 13.8 Å². The van der Waals surface area contributed by atoms with Gasteiger partial charge in [0.05, 0.1) is 26.4 Å². The lowest BCUT2D eigenvalue weighted by molar-refractivity contribution is -0.130. The Morgan fingerprint density at radius 3 is 1.17 bits per heavy atom. The van der Waals surface area contributed by atoms with Gasteiger partial charge in [-0.15, -0.1) is 11.8 Å². The van der Waals surface area contributed by atoms with Crippen molar-refractivity contribution in [1.82, 2.24) is 24.5 Å². The molecule has 0 radical (unpaired) electrons. The van der Waals surface area contributed by atoms with Crippen LogP contribution in [0.25, 0.3) is 0 Å². The number of nitrogens with one attached hydrogen (secondary N) is 1. The highest BCUT2D eigenvalue weighted by Crippen LogP contribution is 2.47. The Bertz CT molecular complexity index is 4510. The van der Waals surface area contributed by atoms with Crippen molar-refractivity contribution < 1.29 is 23.8 Å². The van der Waals surface area contributed by atoms with Crippen LogP contribution in [0.1, 0.15) is 349 Å². The van der Waals surface area contributed by atoms with E-state index in [9.17, 15) is 9.59 Å². The number of hydrogen-bond donors (Lipinski definition) is 1. The number of para-hydroxylation sites is 2. The normalized spacial score (nSPS) is 18.3. The first-order chi connectivity index (χ1) is 68.8. The summed E-state index contributed by atoms with van der Waals surface area (Å²) >= 11 is 1.97. The summed E-state index contributed by atoms with van der Waals surface area (Å²) in [6, 6.07) is 80.9. The number of likely N-dealkylation sites (tertiary alicyclic amines) is 5. The third-order valence-corrected chi connectivity index (χ3v) is 30.9. The number of amides is 2. The number of nitrogens with zero attached hydrogens (tertiary/aromatic N) is 5. The van der Waals surface area contributed by atoms with Crippen molar-refractivity contribution in [1.29, 1.82) is 0 Å². The number of anilines is 1. The molecule has 0 aromatic heterocycles. The molecule has 5 saturated heterocycles. The van der Waals surface area contributed by atoms with Crippen molar-refractivity contribution in [3.8, 4) is 5.75 Å². The molecule has 143 heavy (non-hydrogen) atoms. The monoisotopic (exact) mass is 1970 g/mol. The van der Waals surface area contributed by atoms with Crippen molar-refractivity contribution in [3.63, 3.8) is 0 Å². The Morgan fingerprint density at radius 2 is 0.713 bits per heavy atom. The smallest absolute Gasteiger partial charge is 0.219 e. The van der Waals surface area contributed by atoms with E-state index in [4.69, 9.17) is 14.2 Å². The zero-order chi connectivity index (χ0) is 105. The maximum Gasteiger partial charge on any atom is 0.219 e. The standard InChI is InChI=1S/C18H20O.C17H19N.C17H18O.C17H18S.C16H25NO.C10H19NO.C10H21N.C9H17NO.C9H19N.4C2H6/c1-13(2)18-16-9-5-3-7-14(16)11-19-12-15-8-4-6-10-17(15)18;3*1-12(2)17-14-8-4-3-7-13(14)11-18-16-10-6-5-9-15(16)17;1-14(2)16-8-9-17(12-16)10-11-18-13-15-6-4-3-5-7-15;1-8(2)10-4-6-11(7-5-10)9(3)12;1-8(2)5-11-6-10(7-11)9(3)4;1-7(2)9-4-5-10(6-9)8(3)11;1-7(2)9-5-10(6-9)8(3)4;4*1-2/h3-10,13,18H,11-12H2,1-2H3;3-10,12,17-18H,11H2,1-2H3;2*3-10,12,17H,11H2,1-2H3;3-7,14,16H,8-13H2,1-2H3;8,10H,4-7H2,1-3H3;8-10H,5-7H2,1-4H3;7,9H,4-6H2,1-3H3;7-9H,5-6H2,1-4H3;4*1-2H3. The number of hydrogen-bond acceptors (Lipinski definition) is 10. The number of fused-ring (bicyclic) bond motifs is 8. The van der Waals surface area contributed by atoms with Crippen LogP contribution < -0.4 is 10.1 Å². The van der Waals surface area contributed by atoms with Gasteiger partial charge in [0.25, 0.3) is 0 Å². The number of benzene rings is 9. The van der Waals surface area contributed by atoms with Crippen molar-refractivity contribution in [3.05, 3.63) is 302 Å². The zero-order valence-electron chi connectivity index (χ0n) is 95.9. The average molecular weight is 1970 g/mol. The molecule has 5 unspecified atom stereocenters. The summed E-state index contributed by atoms with van der Waals surface area (Å²) in [5.41, 5.74) is 20.9. The molecular weight excluding hydrogens is 1770 g/mol. The summed E-state index contributed by atoms with van der Waals surface area (Å²) in [4.78, 5) is 34.9. The second-order valence-corrected chi connectivity index (χ2v) is 44.6. The van der Waals surface area contributed by atoms with E-state index in [1.807, 2.05) is 89.1 Å². The Kier molecular flexibility index (Phi) is 57.0. The van der Waals surface area contributed by atoms with Crippen molar-refractivity contribution >= 4 is 29.3 Å². The summed E-state index contributed by atoms with van der Waals surface area (Å²) in [6.45, 7) is 88.6. The lowest BCUT2D eigenvalue weighted by atomic mass is 9.78. The van der Waals surface area contributed by atoms with Gasteiger partial charge in [-0.25, -0.2) is 0 Å². The van der Waals surface area contributed by atoms with Gasteiger partial charge in [-0.2, -0.15) is 0 Å². The van der Waals surface area contributed by atoms with Gasteiger partial charge >= 0.3 is 0 Å². The minimum absolute atomic E-state index is 0.230. The fourth-order valence-electron chi connectivity index (χ4n) is 21.0. The number of rotatable bonds is 17. The third-order valence-electron chi connectivity index (χ3n) is 29.8. The fourth-order valence-corrected chi connectivity index (χ4v) is 22.1. The van der Waals surface area contributed by atoms with Crippen molar-refractivity contribution in [2.45, 2.75) is 321 Å². The lowest BCUT2D eigenvalue weighted by Gasteiger charge is -2.44. The predicted octanol–water partition coefficient (Wildman–Crippen LogP) is 33.3. The van der Waals surface area contributed by atoms with Crippen LogP contribution in [0.2, 0.25) is 0 Å². The minimum atomic E-state index is 0.230. The molecule has 5 fully saturated rings. The van der Waals surface area contributed by atoms with Crippen LogP contribution in [-0.4, -0.2) is 127 Å². The Hall–Kier alpha value is -8.33. The number of carbonyl (C=O) groups excluding carboxylic acids is 2. The Labute approximate surface area is 879 Å². The Balaban J connectivity index is 0.000000246. The molecule has 9 aromatic carbocycles. The van der Waals surface area contributed by atoms with Gasteiger partial charge in [0.1, 0.15) is 12.4 Å². The second kappa shape index (κ2) is 66.1. The number of piperidine rings is 1. The van der Waals surface area contributed by atoms with E-state index in [0.29, 0.717) is 67.2 Å². The zero-order valence-corrected chi connectivity index (χ0v) is 96.7. The molecule has 11 nitrogen and oxygen atoms in total. The van der Waals surface area contributed by atoms with Crippen LogP contribution in [-0.2, 0) is 57.8 Å². The number of thioether (sulfide) groups is 1. The highest BCUT2D eigenvalue weighted by Gasteiger charge is 2.35. The molecule has 9 aromatic rings. The molecule has 9 heterocycles. The average Bonchev–Trinajstić information content (AvgIpc) is 1.65. The molecule has 0 spiro atoms. The van der Waals surface area contributed by atoms with E-state index in [-0.39, 0.29) is 11.8 Å². The van der Waals surface area contributed by atoms with Crippen LogP contribution in [0, 0.1) is 88.8 Å². The minimum Gasteiger partial charge on any atom is -0.489 e. The van der Waals surface area contributed by atoms with E-state index in [0.717, 1.165) is 135 Å². The maximum absolute atomic E-state index is 11.0. The van der Waals surface area contributed by atoms with Crippen LogP contribution in [0.5, 0.6) is 5.75 Å². The maximum atomic E-state index is 11.0. The highest BCUT2D eigenvalue weighted by molar-refractivity contribution is 7.98. The van der Waals surface area contributed by atoms with Gasteiger partial charge < -0.3 is 44.0 Å². The van der Waals surface area contributed by atoms with Crippen LogP contribution >= 0.6 is 11.8 Å². The third kappa shape index (κ3) is 39.0. The molecule has 9 aliphatic heterocycles. The molecular formula is C131H200N6O5S. The molecule has 18 rings (SSSR count). The van der Waals surface area contributed by atoms with E-state index >= 15 is 0 Å². The molecule has 1 N–H and O–H groups in total. The van der Waals surface area contributed by atoms with Crippen LogP contribution in [0.3, 0.4) is 0 Å². The van der Waals surface area contributed by atoms with E-state index < -0.39 is 0 Å². The molecule has 0 saturated carbocycles. The summed E-state index contributed by atoms with van der Waals surface area (Å²) < 4.78 is 17.5. The summed E-state index contributed by atoms with van der Waals surface area (Å²) in [6.07, 6.45) is 4.93. The molecule has 9 aliphatic rings. The van der Waals surface area contributed by atoms with Gasteiger partial charge in [0.2, 0.25) is 11.8 Å². The largest absolute Gasteiger partial charge is 0.489 e. The van der Waals surface area contributed by atoms with Gasteiger partial charge in [-0.1, -0.05) is 400 Å². The first-order valence-corrected chi connectivity index (χ1v) is 57.3. The van der Waals surface area contributed by atoms with Gasteiger partial charge in [0, 0.05) is 144 Å². The SMILES string of the molecule is CC.CC.CC.CC.CC(=O)N1CCC(C(C)C)C1.CC(=O)N1CCC(C(C)C)CC1.CC(C)C1CCN(CCOCc2ccccc2)C1.CC(C)C1CN(C(C)C)C1.CC(C)C1c2ccccc2CNc2ccccc21.CC(C)C1c2ccccc2COCc2ccccc21.CC(C)C1c2ccccc2COc2ccccc21.CC(C)C1c2ccccc2CSc2ccccc21.CC(C)CN1CC(C(C)C)C1. The molecule has 5 atom stereocenters. The van der Waals surface area contributed by atoms with Crippen LogP contribution in [0.4, 0.5) is 5.69 Å². The van der Waals surface area contributed by atoms with Gasteiger partial charge in [-0.05, 0) is 225 Å². The molecule has 0 aliphatic carbocycles. The molecule has 0 bridgehead atoms. The molecule has 12 heteroatoms. The second-order valence-electron chi connectivity index (χ2n) is 43.6. The van der Waals surface area contributed by atoms with Gasteiger partial charge in [0.15, 0.2) is 0 Å². The summed E-state index contributed by atoms with van der Waals surface area (Å²) in [5.74, 6) is 16.2. The highest BCUT2D eigenvalue weighted by atomic mass is 32.2. The van der Waals surface area contributed by atoms with Crippen molar-refractivity contribution in [2.75, 3.05) is 90.5 Å². The van der Waals surface area contributed by atoms with Crippen molar-refractivity contribution in [2.24, 2.45) is 88.8 Å². The summed E-state index contributed by atoms with van der Waals surface area (Å²) in [5, 5.41) is 3.57. The fraction of sp³-hybridized carbons (Fsp3) is 0.573. The van der Waals surface area contributed by atoms with E-state index in [1.165, 1.54) is 160 Å². The Morgan fingerprint density at radius 1 is 0.350 bits per heavy atom.